The zero-order chi connectivity index (χ0) is 10.6. The summed E-state index contributed by atoms with van der Waals surface area (Å²) in [7, 11) is 0. The number of halogens is 1. The van der Waals surface area contributed by atoms with Gasteiger partial charge in [-0.15, -0.1) is 28.5 Å². The molecule has 4 nitrogen and oxygen atoms in total. The van der Waals surface area contributed by atoms with Crippen LogP contribution in [0.25, 0.3) is 0 Å². The van der Waals surface area contributed by atoms with Crippen molar-refractivity contribution in [3.05, 3.63) is 0 Å². The molecule has 1 N–H and O–H groups in total. The average Bonchev–Trinajstić information content (AvgIpc) is 2.50. The fourth-order valence-electron chi connectivity index (χ4n) is 1.31. The number of hydrogen-bond donors (Lipinski definition) is 1. The molecule has 0 amide bonds. The predicted octanol–water partition coefficient (Wildman–Crippen LogP) is 1.35. The summed E-state index contributed by atoms with van der Waals surface area (Å²) in [5, 5.41) is 10.8. The minimum Gasteiger partial charge on any atom is -0.465 e. The minimum atomic E-state index is -0.339. The Morgan fingerprint density at radius 2 is 2.57 bits per heavy atom. The molecule has 80 valence electrons. The van der Waals surface area contributed by atoms with Crippen LogP contribution in [0, 0.1) is 5.92 Å². The Balaban J connectivity index is 2.63. The molecular formula is C8H12ClNO3S. The smallest absolute Gasteiger partial charge is 0.319 e. The molecule has 1 saturated heterocycles. The quantitative estimate of drug-likeness (QED) is 0.265. The molecule has 0 radical (unpaired) electrons. The van der Waals surface area contributed by atoms with E-state index in [1.807, 2.05) is 0 Å². The number of oxime groups is 1. The SMILES string of the molecule is CCOC(=O)C1SCC(Cl)C1/C=N\O. The molecule has 1 heterocycles. The Kier molecular flexibility index (Phi) is 4.54. The van der Waals surface area contributed by atoms with Crippen molar-refractivity contribution < 1.29 is 14.7 Å². The molecule has 1 fully saturated rings. The third-order valence-electron chi connectivity index (χ3n) is 1.96. The largest absolute Gasteiger partial charge is 0.465 e. The number of rotatable bonds is 3. The molecule has 0 aliphatic carbocycles. The van der Waals surface area contributed by atoms with E-state index in [0.29, 0.717) is 12.4 Å². The van der Waals surface area contributed by atoms with Gasteiger partial charge in [0.2, 0.25) is 0 Å². The van der Waals surface area contributed by atoms with Crippen LogP contribution in [-0.2, 0) is 9.53 Å². The van der Waals surface area contributed by atoms with Crippen molar-refractivity contribution in [1.29, 1.82) is 0 Å². The number of ether oxygens (including phenoxy) is 1. The van der Waals surface area contributed by atoms with Crippen molar-refractivity contribution >= 4 is 35.5 Å². The zero-order valence-corrected chi connectivity index (χ0v) is 9.29. The van der Waals surface area contributed by atoms with Crippen LogP contribution in [0.1, 0.15) is 6.92 Å². The second-order valence-corrected chi connectivity index (χ2v) is 4.60. The lowest BCUT2D eigenvalue weighted by Gasteiger charge is -2.14. The van der Waals surface area contributed by atoms with E-state index >= 15 is 0 Å². The van der Waals surface area contributed by atoms with Gasteiger partial charge in [0.05, 0.1) is 12.0 Å². The first kappa shape index (κ1) is 11.7. The summed E-state index contributed by atoms with van der Waals surface area (Å²) in [6, 6.07) is 0. The molecule has 6 heteroatoms. The van der Waals surface area contributed by atoms with Gasteiger partial charge in [0.1, 0.15) is 5.25 Å². The minimum absolute atomic E-state index is 0.176. The molecule has 0 aromatic rings. The number of thioether (sulfide) groups is 1. The summed E-state index contributed by atoms with van der Waals surface area (Å²) in [6.45, 7) is 2.11. The highest BCUT2D eigenvalue weighted by atomic mass is 35.5. The lowest BCUT2D eigenvalue weighted by atomic mass is 10.0. The highest BCUT2D eigenvalue weighted by molar-refractivity contribution is 8.01. The molecule has 0 bridgehead atoms. The van der Waals surface area contributed by atoms with Crippen molar-refractivity contribution in [1.82, 2.24) is 0 Å². The number of alkyl halides is 1. The van der Waals surface area contributed by atoms with Gasteiger partial charge < -0.3 is 9.94 Å². The molecule has 3 unspecified atom stereocenters. The monoisotopic (exact) mass is 237 g/mol. The first-order valence-electron chi connectivity index (χ1n) is 4.30. The molecule has 3 atom stereocenters. The van der Waals surface area contributed by atoms with Crippen LogP contribution in [-0.4, -0.2) is 40.4 Å². The summed E-state index contributed by atoms with van der Waals surface area (Å²) >= 11 is 7.40. The third-order valence-corrected chi connectivity index (χ3v) is 4.01. The second kappa shape index (κ2) is 5.46. The van der Waals surface area contributed by atoms with Crippen molar-refractivity contribution in [2.75, 3.05) is 12.4 Å². The molecule has 0 spiro atoms. The maximum atomic E-state index is 11.4. The van der Waals surface area contributed by atoms with Crippen LogP contribution in [0.3, 0.4) is 0 Å². The van der Waals surface area contributed by atoms with Gasteiger partial charge in [0.15, 0.2) is 0 Å². The fraction of sp³-hybridized carbons (Fsp3) is 0.750. The summed E-state index contributed by atoms with van der Waals surface area (Å²) in [6.07, 6.45) is 1.30. The second-order valence-electron chi connectivity index (χ2n) is 2.86. The average molecular weight is 238 g/mol. The topological polar surface area (TPSA) is 58.9 Å². The molecule has 0 aromatic heterocycles. The normalized spacial score (nSPS) is 32.3. The van der Waals surface area contributed by atoms with E-state index in [1.54, 1.807) is 6.92 Å². The Labute approximate surface area is 91.6 Å². The number of nitrogens with zero attached hydrogens (tertiary/aromatic N) is 1. The van der Waals surface area contributed by atoms with E-state index in [1.165, 1.54) is 18.0 Å². The van der Waals surface area contributed by atoms with E-state index < -0.39 is 0 Å². The maximum Gasteiger partial charge on any atom is 0.319 e. The number of carbonyl (C=O) groups is 1. The zero-order valence-electron chi connectivity index (χ0n) is 7.72. The Bertz CT molecular complexity index is 237. The van der Waals surface area contributed by atoms with Gasteiger partial charge in [-0.2, -0.15) is 0 Å². The Morgan fingerprint density at radius 3 is 3.14 bits per heavy atom. The number of hydrogen-bond acceptors (Lipinski definition) is 5. The van der Waals surface area contributed by atoms with Gasteiger partial charge in [0, 0.05) is 17.9 Å². The number of esters is 1. The van der Waals surface area contributed by atoms with E-state index in [2.05, 4.69) is 5.16 Å². The van der Waals surface area contributed by atoms with Crippen molar-refractivity contribution in [3.63, 3.8) is 0 Å². The van der Waals surface area contributed by atoms with Crippen molar-refractivity contribution in [2.45, 2.75) is 17.6 Å². The first-order valence-corrected chi connectivity index (χ1v) is 5.79. The number of carbonyl (C=O) groups excluding carboxylic acids is 1. The Morgan fingerprint density at radius 1 is 1.86 bits per heavy atom. The van der Waals surface area contributed by atoms with E-state index in [4.69, 9.17) is 21.5 Å². The first-order chi connectivity index (χ1) is 6.70. The predicted molar refractivity (Wildman–Crippen MR) is 56.3 cm³/mol. The fourth-order valence-corrected chi connectivity index (χ4v) is 3.12. The highest BCUT2D eigenvalue weighted by Crippen LogP contribution is 2.35. The standard InChI is InChI=1S/C8H12ClNO3S/c1-2-13-8(11)7-5(3-10-12)6(9)4-14-7/h3,5-7,12H,2,4H2,1H3/b10-3-. The van der Waals surface area contributed by atoms with Crippen LogP contribution in [0.2, 0.25) is 0 Å². The van der Waals surface area contributed by atoms with Crippen LogP contribution < -0.4 is 0 Å². The lowest BCUT2D eigenvalue weighted by Crippen LogP contribution is -2.29. The molecule has 1 rings (SSSR count). The van der Waals surface area contributed by atoms with E-state index in [0.717, 1.165) is 0 Å². The maximum absolute atomic E-state index is 11.4. The molecular weight excluding hydrogens is 226 g/mol. The molecule has 0 saturated carbocycles. The van der Waals surface area contributed by atoms with Crippen LogP contribution in [0.15, 0.2) is 5.16 Å². The van der Waals surface area contributed by atoms with E-state index in [-0.39, 0.29) is 22.5 Å². The molecule has 1 aliphatic rings. The third kappa shape index (κ3) is 2.54. The summed E-state index contributed by atoms with van der Waals surface area (Å²) in [5.41, 5.74) is 0. The van der Waals surface area contributed by atoms with Crippen LogP contribution in [0.4, 0.5) is 0 Å². The summed E-state index contributed by atoms with van der Waals surface area (Å²) < 4.78 is 4.89. The molecule has 0 aromatic carbocycles. The van der Waals surface area contributed by atoms with Gasteiger partial charge in [-0.05, 0) is 6.92 Å². The van der Waals surface area contributed by atoms with Gasteiger partial charge in [0.25, 0.3) is 0 Å². The Hall–Kier alpha value is -0.420. The van der Waals surface area contributed by atoms with Crippen LogP contribution >= 0.6 is 23.4 Å². The summed E-state index contributed by atoms with van der Waals surface area (Å²) in [5.74, 6) is 0.137. The highest BCUT2D eigenvalue weighted by Gasteiger charge is 2.40. The van der Waals surface area contributed by atoms with Gasteiger partial charge >= 0.3 is 5.97 Å². The summed E-state index contributed by atoms with van der Waals surface area (Å²) in [4.78, 5) is 11.4. The van der Waals surface area contributed by atoms with Gasteiger partial charge in [-0.1, -0.05) is 0 Å². The van der Waals surface area contributed by atoms with Gasteiger partial charge in [-0.25, -0.2) is 0 Å². The van der Waals surface area contributed by atoms with E-state index in [9.17, 15) is 4.79 Å². The molecule has 1 aliphatic heterocycles. The lowest BCUT2D eigenvalue weighted by molar-refractivity contribution is -0.142. The van der Waals surface area contributed by atoms with Crippen molar-refractivity contribution in [3.8, 4) is 0 Å². The van der Waals surface area contributed by atoms with Gasteiger partial charge in [-0.3, -0.25) is 4.79 Å². The van der Waals surface area contributed by atoms with Crippen LogP contribution in [0.5, 0.6) is 0 Å². The van der Waals surface area contributed by atoms with Crippen molar-refractivity contribution in [2.24, 2.45) is 11.1 Å². The molecule has 14 heavy (non-hydrogen) atoms.